The van der Waals surface area contributed by atoms with E-state index in [0.29, 0.717) is 0 Å². The number of rotatable bonds is 2. The van der Waals surface area contributed by atoms with E-state index in [2.05, 4.69) is 182 Å². The molecule has 53 heavy (non-hydrogen) atoms. The lowest BCUT2D eigenvalue weighted by molar-refractivity contribution is 1.64. The highest BCUT2D eigenvalue weighted by Gasteiger charge is 2.17. The summed E-state index contributed by atoms with van der Waals surface area (Å²) in [5.74, 6) is 0. The van der Waals surface area contributed by atoms with E-state index in [9.17, 15) is 0 Å². The fourth-order valence-corrected chi connectivity index (χ4v) is 10.4. The van der Waals surface area contributed by atoms with E-state index in [1.165, 1.54) is 118 Å². The van der Waals surface area contributed by atoms with Crippen LogP contribution in [-0.2, 0) is 0 Å². The van der Waals surface area contributed by atoms with Gasteiger partial charge in [-0.1, -0.05) is 152 Å². The molecule has 0 spiro atoms. The van der Waals surface area contributed by atoms with Gasteiger partial charge < -0.3 is 0 Å². The molecule has 0 N–H and O–H groups in total. The molecule has 0 radical (unpaired) electrons. The van der Waals surface area contributed by atoms with Gasteiger partial charge in [-0.3, -0.25) is 0 Å². The van der Waals surface area contributed by atoms with Crippen LogP contribution in [0.15, 0.2) is 182 Å². The SMILES string of the molecule is c1ccc(-c2cccc3c(-c4ccc5c(c4)c4ccccc4c4cc6c(cc54)sc4cc5c7ccccc7c7ccccc7c5cc46)cccc23)cc1. The lowest BCUT2D eigenvalue weighted by Crippen LogP contribution is -1.87. The maximum atomic E-state index is 2.48. The van der Waals surface area contributed by atoms with Crippen molar-refractivity contribution in [1.29, 1.82) is 0 Å². The third kappa shape index (κ3) is 4.17. The van der Waals surface area contributed by atoms with Crippen LogP contribution < -0.4 is 0 Å². The Balaban J connectivity index is 1.12. The van der Waals surface area contributed by atoms with Gasteiger partial charge in [-0.25, -0.2) is 0 Å². The van der Waals surface area contributed by atoms with Crippen LogP contribution in [0.4, 0.5) is 0 Å². The molecule has 0 bridgehead atoms. The van der Waals surface area contributed by atoms with E-state index in [4.69, 9.17) is 0 Å². The molecule has 11 aromatic carbocycles. The van der Waals surface area contributed by atoms with E-state index in [-0.39, 0.29) is 0 Å². The predicted molar refractivity (Wildman–Crippen MR) is 233 cm³/mol. The van der Waals surface area contributed by atoms with Crippen molar-refractivity contribution >= 4 is 107 Å². The summed E-state index contributed by atoms with van der Waals surface area (Å²) in [6, 6.07) is 67.9. The van der Waals surface area contributed by atoms with Gasteiger partial charge in [0.05, 0.1) is 0 Å². The lowest BCUT2D eigenvalue weighted by Gasteiger charge is -2.14. The van der Waals surface area contributed by atoms with Crippen molar-refractivity contribution in [1.82, 2.24) is 0 Å². The highest BCUT2D eigenvalue weighted by atomic mass is 32.1. The van der Waals surface area contributed by atoms with E-state index in [1.54, 1.807) is 0 Å². The molecule has 1 heterocycles. The molecule has 0 aliphatic heterocycles. The topological polar surface area (TPSA) is 0 Å². The summed E-state index contributed by atoms with van der Waals surface area (Å²) in [5.41, 5.74) is 5.02. The first-order valence-corrected chi connectivity index (χ1v) is 19.2. The largest absolute Gasteiger partial charge is 0.135 e. The second kappa shape index (κ2) is 11.0. The van der Waals surface area contributed by atoms with Crippen LogP contribution in [0.1, 0.15) is 0 Å². The second-order valence-electron chi connectivity index (χ2n) is 14.4. The molecular formula is C52H30S. The predicted octanol–water partition coefficient (Wildman–Crippen LogP) is 15.5. The molecule has 12 rings (SSSR count). The summed E-state index contributed by atoms with van der Waals surface area (Å²) in [5, 5.41) is 21.0. The Morgan fingerprint density at radius 3 is 1.09 bits per heavy atom. The maximum absolute atomic E-state index is 2.48. The van der Waals surface area contributed by atoms with Crippen LogP contribution in [-0.4, -0.2) is 0 Å². The second-order valence-corrected chi connectivity index (χ2v) is 15.4. The van der Waals surface area contributed by atoms with Gasteiger partial charge in [-0.2, -0.15) is 0 Å². The summed E-state index contributed by atoms with van der Waals surface area (Å²) in [4.78, 5) is 0. The van der Waals surface area contributed by atoms with Crippen molar-refractivity contribution < 1.29 is 0 Å². The van der Waals surface area contributed by atoms with Crippen LogP contribution in [0, 0.1) is 0 Å². The molecule has 0 amide bonds. The summed E-state index contributed by atoms with van der Waals surface area (Å²) in [7, 11) is 0. The van der Waals surface area contributed by atoms with Gasteiger partial charge in [0, 0.05) is 20.2 Å². The maximum Gasteiger partial charge on any atom is 0.0362 e. The summed E-state index contributed by atoms with van der Waals surface area (Å²) >= 11 is 1.92. The molecule has 1 heteroatoms. The number of hydrogen-bond acceptors (Lipinski definition) is 1. The molecule has 0 saturated carbocycles. The average Bonchev–Trinajstić information content (AvgIpc) is 3.58. The van der Waals surface area contributed by atoms with Crippen LogP contribution in [0.2, 0.25) is 0 Å². The van der Waals surface area contributed by atoms with Gasteiger partial charge in [0.2, 0.25) is 0 Å². The zero-order valence-corrected chi connectivity index (χ0v) is 29.5. The van der Waals surface area contributed by atoms with Crippen molar-refractivity contribution in [2.24, 2.45) is 0 Å². The molecule has 0 aliphatic carbocycles. The lowest BCUT2D eigenvalue weighted by atomic mass is 9.89. The number of thiophene rings is 1. The van der Waals surface area contributed by atoms with Crippen LogP contribution in [0.3, 0.4) is 0 Å². The molecule has 0 saturated heterocycles. The Labute approximate surface area is 309 Å². The van der Waals surface area contributed by atoms with Gasteiger partial charge in [0.15, 0.2) is 0 Å². The standard InChI is InChI=1S/C52H30S/c1-2-12-31(13-3-1)33-20-10-23-36-34(21-11-22-35(33)36)32-24-25-43-44(26-32)41-18-8-9-19-42(41)46-28-50-49-27-45-39-16-6-4-14-37(39)38-15-5-7-17-40(38)47(45)29-51(49)53-52(50)30-48(43)46/h1-30H. The van der Waals surface area contributed by atoms with E-state index in [0.717, 1.165) is 0 Å². The Kier molecular flexibility index (Phi) is 6.03. The number of hydrogen-bond donors (Lipinski definition) is 0. The van der Waals surface area contributed by atoms with Gasteiger partial charge in [0.1, 0.15) is 0 Å². The number of benzene rings is 11. The third-order valence-electron chi connectivity index (χ3n) is 11.6. The van der Waals surface area contributed by atoms with Gasteiger partial charge in [-0.05, 0) is 128 Å². The normalized spacial score (nSPS) is 12.2. The van der Waals surface area contributed by atoms with Gasteiger partial charge in [-0.15, -0.1) is 11.3 Å². The van der Waals surface area contributed by atoms with Gasteiger partial charge in [0.25, 0.3) is 0 Å². The zero-order valence-electron chi connectivity index (χ0n) is 28.7. The number of fused-ring (bicyclic) bond motifs is 16. The highest BCUT2D eigenvalue weighted by molar-refractivity contribution is 7.26. The van der Waals surface area contributed by atoms with E-state index >= 15 is 0 Å². The first-order chi connectivity index (χ1) is 26.3. The molecule has 0 aliphatic rings. The first kappa shape index (κ1) is 29.1. The molecule has 0 nitrogen and oxygen atoms in total. The summed E-state index contributed by atoms with van der Waals surface area (Å²) < 4.78 is 2.67. The molecule has 1 aromatic heterocycles. The minimum atomic E-state index is 1.24. The van der Waals surface area contributed by atoms with Gasteiger partial charge >= 0.3 is 0 Å². The Morgan fingerprint density at radius 1 is 0.208 bits per heavy atom. The molecular weight excluding hydrogens is 657 g/mol. The summed E-state index contributed by atoms with van der Waals surface area (Å²) in [6.45, 7) is 0. The van der Waals surface area contributed by atoms with E-state index < -0.39 is 0 Å². The summed E-state index contributed by atoms with van der Waals surface area (Å²) in [6.07, 6.45) is 0. The zero-order chi connectivity index (χ0) is 34.6. The monoisotopic (exact) mass is 686 g/mol. The van der Waals surface area contributed by atoms with Crippen LogP contribution >= 0.6 is 11.3 Å². The van der Waals surface area contributed by atoms with Crippen molar-refractivity contribution in [3.05, 3.63) is 182 Å². The Hall–Kier alpha value is -6.54. The van der Waals surface area contributed by atoms with E-state index in [1.807, 2.05) is 11.3 Å². The fraction of sp³-hybridized carbons (Fsp3) is 0. The molecule has 244 valence electrons. The van der Waals surface area contributed by atoms with Crippen LogP contribution in [0.25, 0.3) is 118 Å². The molecule has 0 atom stereocenters. The fourth-order valence-electron chi connectivity index (χ4n) is 9.22. The van der Waals surface area contributed by atoms with Crippen molar-refractivity contribution in [3.8, 4) is 22.3 Å². The average molecular weight is 687 g/mol. The minimum Gasteiger partial charge on any atom is -0.135 e. The molecule has 0 fully saturated rings. The molecule has 12 aromatic rings. The molecule has 0 unspecified atom stereocenters. The Bertz CT molecular complexity index is 3500. The highest BCUT2D eigenvalue weighted by Crippen LogP contribution is 2.46. The quantitative estimate of drug-likeness (QED) is 0.159. The van der Waals surface area contributed by atoms with Crippen molar-refractivity contribution in [2.75, 3.05) is 0 Å². The minimum absolute atomic E-state index is 1.24. The third-order valence-corrected chi connectivity index (χ3v) is 12.7. The Morgan fingerprint density at radius 2 is 0.585 bits per heavy atom. The van der Waals surface area contributed by atoms with Crippen molar-refractivity contribution in [3.63, 3.8) is 0 Å². The van der Waals surface area contributed by atoms with Crippen LogP contribution in [0.5, 0.6) is 0 Å². The smallest absolute Gasteiger partial charge is 0.0362 e. The van der Waals surface area contributed by atoms with Crippen molar-refractivity contribution in [2.45, 2.75) is 0 Å². The first-order valence-electron chi connectivity index (χ1n) is 18.3.